The molecule has 10 heteroatoms. The summed E-state index contributed by atoms with van der Waals surface area (Å²) in [6.07, 6.45) is -4.80. The molecule has 1 fully saturated rings. The van der Waals surface area contributed by atoms with Gasteiger partial charge >= 0.3 is 6.18 Å². The molecule has 148 valence electrons. The molecule has 2 aromatic carbocycles. The average molecular weight is 413 g/mol. The Morgan fingerprint density at radius 2 is 1.61 bits per heavy atom. The maximum Gasteiger partial charge on any atom is 0.417 e. The maximum absolute atomic E-state index is 13.8. The van der Waals surface area contributed by atoms with E-state index in [0.717, 1.165) is 28.6 Å². The van der Waals surface area contributed by atoms with Crippen molar-refractivity contribution in [2.75, 3.05) is 31.1 Å². The third kappa shape index (κ3) is 3.68. The zero-order valence-corrected chi connectivity index (χ0v) is 15.3. The van der Waals surface area contributed by atoms with Crippen LogP contribution in [0.5, 0.6) is 0 Å². The summed E-state index contributed by atoms with van der Waals surface area (Å²) in [6.45, 7) is 0.0584. The monoisotopic (exact) mass is 413 g/mol. The van der Waals surface area contributed by atoms with E-state index >= 15 is 0 Å². The van der Waals surface area contributed by atoms with Crippen molar-refractivity contribution < 1.29 is 26.0 Å². The van der Waals surface area contributed by atoms with E-state index < -0.39 is 32.5 Å². The molecule has 0 spiro atoms. The molecule has 2 aromatic rings. The van der Waals surface area contributed by atoms with Gasteiger partial charge in [0.25, 0.3) is 0 Å². The van der Waals surface area contributed by atoms with Crippen molar-refractivity contribution in [3.05, 3.63) is 59.4 Å². The van der Waals surface area contributed by atoms with Gasteiger partial charge in [0.1, 0.15) is 17.4 Å². The van der Waals surface area contributed by atoms with E-state index in [-0.39, 0.29) is 31.7 Å². The van der Waals surface area contributed by atoms with Crippen LogP contribution in [0.3, 0.4) is 0 Å². The van der Waals surface area contributed by atoms with Crippen molar-refractivity contribution in [2.45, 2.75) is 11.1 Å². The number of hydrogen-bond donors (Lipinski definition) is 0. The van der Waals surface area contributed by atoms with Gasteiger partial charge in [0.2, 0.25) is 10.0 Å². The van der Waals surface area contributed by atoms with Crippen LogP contribution in [0.2, 0.25) is 0 Å². The van der Waals surface area contributed by atoms with Gasteiger partial charge in [-0.15, -0.1) is 0 Å². The summed E-state index contributed by atoms with van der Waals surface area (Å²) < 4.78 is 79.9. The summed E-state index contributed by atoms with van der Waals surface area (Å²) in [5.74, 6) is -0.686. The number of rotatable bonds is 3. The van der Waals surface area contributed by atoms with Crippen LogP contribution < -0.4 is 4.90 Å². The van der Waals surface area contributed by atoms with Gasteiger partial charge in [-0.25, -0.2) is 12.8 Å². The van der Waals surface area contributed by atoms with Crippen molar-refractivity contribution >= 4 is 15.7 Å². The second kappa shape index (κ2) is 7.41. The molecule has 0 saturated carbocycles. The lowest BCUT2D eigenvalue weighted by molar-refractivity contribution is -0.139. The number of halogens is 4. The molecule has 0 N–H and O–H groups in total. The molecule has 0 aromatic heterocycles. The normalized spacial score (nSPS) is 16.0. The van der Waals surface area contributed by atoms with Gasteiger partial charge in [-0.1, -0.05) is 18.2 Å². The summed E-state index contributed by atoms with van der Waals surface area (Å²) in [7, 11) is -4.36. The molecule has 28 heavy (non-hydrogen) atoms. The standard InChI is InChI=1S/C18H15F4N3O2S/c19-15-5-3-6-16(13(15)12-23)24-8-10-25(11-9-24)28(26,27)17-7-2-1-4-14(17)18(20,21)22/h1-7H,8-11H2. The van der Waals surface area contributed by atoms with Gasteiger partial charge in [0.05, 0.1) is 16.1 Å². The van der Waals surface area contributed by atoms with Crippen LogP contribution in [0.25, 0.3) is 0 Å². The highest BCUT2D eigenvalue weighted by molar-refractivity contribution is 7.89. The number of anilines is 1. The van der Waals surface area contributed by atoms with Crippen LogP contribution in [0.1, 0.15) is 11.1 Å². The number of alkyl halides is 3. The highest BCUT2D eigenvalue weighted by Gasteiger charge is 2.39. The molecular formula is C18H15F4N3O2S. The molecule has 0 unspecified atom stereocenters. The predicted octanol–water partition coefficient (Wildman–Crippen LogP) is 3.23. The van der Waals surface area contributed by atoms with Crippen LogP contribution in [0.4, 0.5) is 23.2 Å². The molecule has 0 atom stereocenters. The average Bonchev–Trinajstić information content (AvgIpc) is 2.67. The minimum atomic E-state index is -4.80. The zero-order valence-electron chi connectivity index (χ0n) is 14.4. The number of hydrogen-bond acceptors (Lipinski definition) is 4. The fourth-order valence-corrected chi connectivity index (χ4v) is 4.76. The van der Waals surface area contributed by atoms with Crippen LogP contribution >= 0.6 is 0 Å². The summed E-state index contributed by atoms with van der Waals surface area (Å²) in [5, 5.41) is 9.14. The lowest BCUT2D eigenvalue weighted by Crippen LogP contribution is -2.49. The third-order valence-corrected chi connectivity index (χ3v) is 6.45. The summed E-state index contributed by atoms with van der Waals surface area (Å²) >= 11 is 0. The lowest BCUT2D eigenvalue weighted by Gasteiger charge is -2.36. The van der Waals surface area contributed by atoms with Gasteiger partial charge in [-0.05, 0) is 24.3 Å². The van der Waals surface area contributed by atoms with Gasteiger partial charge < -0.3 is 4.90 Å². The molecule has 0 bridgehead atoms. The van der Waals surface area contributed by atoms with Crippen molar-refractivity contribution in [3.63, 3.8) is 0 Å². The van der Waals surface area contributed by atoms with Crippen molar-refractivity contribution in [2.24, 2.45) is 0 Å². The molecule has 0 aliphatic carbocycles. The van der Waals surface area contributed by atoms with Crippen LogP contribution in [0.15, 0.2) is 47.4 Å². The molecule has 1 saturated heterocycles. The molecule has 3 rings (SSSR count). The Balaban J connectivity index is 1.85. The van der Waals surface area contributed by atoms with Crippen LogP contribution in [0, 0.1) is 17.1 Å². The molecule has 0 radical (unpaired) electrons. The number of sulfonamides is 1. The van der Waals surface area contributed by atoms with E-state index in [1.165, 1.54) is 12.1 Å². The van der Waals surface area contributed by atoms with Gasteiger partial charge in [0, 0.05) is 26.2 Å². The van der Waals surface area contributed by atoms with Crippen LogP contribution in [-0.2, 0) is 16.2 Å². The number of piperazine rings is 1. The van der Waals surface area contributed by atoms with E-state index in [9.17, 15) is 26.0 Å². The number of benzene rings is 2. The minimum Gasteiger partial charge on any atom is -0.368 e. The number of nitriles is 1. The van der Waals surface area contributed by atoms with Crippen molar-refractivity contribution in [1.82, 2.24) is 4.31 Å². The van der Waals surface area contributed by atoms with Crippen molar-refractivity contribution in [1.29, 1.82) is 5.26 Å². The topological polar surface area (TPSA) is 64.4 Å². The first kappa shape index (κ1) is 20.1. The van der Waals surface area contributed by atoms with E-state index in [2.05, 4.69) is 0 Å². The Bertz CT molecular complexity index is 1020. The van der Waals surface area contributed by atoms with Gasteiger partial charge in [-0.3, -0.25) is 0 Å². The molecule has 0 amide bonds. The van der Waals surface area contributed by atoms with Gasteiger partial charge in [0.15, 0.2) is 0 Å². The number of nitrogens with zero attached hydrogens (tertiary/aromatic N) is 3. The maximum atomic E-state index is 13.8. The highest BCUT2D eigenvalue weighted by atomic mass is 32.2. The predicted molar refractivity (Wildman–Crippen MR) is 93.5 cm³/mol. The first-order valence-electron chi connectivity index (χ1n) is 8.26. The molecule has 1 heterocycles. The molecule has 1 aliphatic heterocycles. The zero-order chi connectivity index (χ0) is 20.5. The molecular weight excluding hydrogens is 398 g/mol. The largest absolute Gasteiger partial charge is 0.417 e. The Morgan fingerprint density at radius 3 is 2.21 bits per heavy atom. The van der Waals surface area contributed by atoms with E-state index in [4.69, 9.17) is 5.26 Å². The Hall–Kier alpha value is -2.64. The summed E-state index contributed by atoms with van der Waals surface area (Å²) in [5.41, 5.74) is -1.04. The van der Waals surface area contributed by atoms with E-state index in [1.54, 1.807) is 17.0 Å². The fourth-order valence-electron chi connectivity index (χ4n) is 3.12. The quantitative estimate of drug-likeness (QED) is 0.725. The lowest BCUT2D eigenvalue weighted by atomic mass is 10.1. The molecule has 5 nitrogen and oxygen atoms in total. The smallest absolute Gasteiger partial charge is 0.368 e. The summed E-state index contributed by atoms with van der Waals surface area (Å²) in [4.78, 5) is 0.850. The third-order valence-electron chi connectivity index (χ3n) is 4.49. The Morgan fingerprint density at radius 1 is 0.964 bits per heavy atom. The first-order chi connectivity index (χ1) is 13.2. The summed E-state index contributed by atoms with van der Waals surface area (Å²) in [6, 6.07) is 9.95. The second-order valence-electron chi connectivity index (χ2n) is 6.13. The Kier molecular flexibility index (Phi) is 5.32. The second-order valence-corrected chi connectivity index (χ2v) is 8.04. The fraction of sp³-hybridized carbons (Fsp3) is 0.278. The highest BCUT2D eigenvalue weighted by Crippen LogP contribution is 2.35. The first-order valence-corrected chi connectivity index (χ1v) is 9.70. The van der Waals surface area contributed by atoms with Crippen LogP contribution in [-0.4, -0.2) is 38.9 Å². The van der Waals surface area contributed by atoms with E-state index in [0.29, 0.717) is 5.69 Å². The SMILES string of the molecule is N#Cc1c(F)cccc1N1CCN(S(=O)(=O)c2ccccc2C(F)(F)F)CC1. The van der Waals surface area contributed by atoms with E-state index in [1.807, 2.05) is 0 Å². The minimum absolute atomic E-state index is 0.0874. The molecule has 1 aliphatic rings. The van der Waals surface area contributed by atoms with Gasteiger partial charge in [-0.2, -0.15) is 22.7 Å². The van der Waals surface area contributed by atoms with Crippen molar-refractivity contribution in [3.8, 4) is 6.07 Å². The Labute approximate surface area is 159 Å².